The molecule has 2 fully saturated rings. The summed E-state index contributed by atoms with van der Waals surface area (Å²) in [4.78, 5) is 26.6. The number of hydrogen-bond acceptors (Lipinski definition) is 2. The predicted molar refractivity (Wildman–Crippen MR) is 75.7 cm³/mol. The van der Waals surface area contributed by atoms with Crippen molar-refractivity contribution >= 4 is 11.8 Å². The minimum Gasteiger partial charge on any atom is -0.340 e. The van der Waals surface area contributed by atoms with Crippen molar-refractivity contribution in [2.24, 2.45) is 5.92 Å². The van der Waals surface area contributed by atoms with Crippen molar-refractivity contribution in [2.75, 3.05) is 0 Å². The summed E-state index contributed by atoms with van der Waals surface area (Å²) in [5.74, 6) is -0.302. The van der Waals surface area contributed by atoms with Crippen molar-refractivity contribution in [3.05, 3.63) is 35.6 Å². The van der Waals surface area contributed by atoms with E-state index >= 15 is 0 Å². The summed E-state index contributed by atoms with van der Waals surface area (Å²) in [5.41, 5.74) is -0.199. The molecule has 0 radical (unpaired) electrons. The Labute approximate surface area is 123 Å². The molecule has 2 aliphatic rings. The van der Waals surface area contributed by atoms with Gasteiger partial charge in [-0.25, -0.2) is 4.39 Å². The SMILES string of the molecule is CC1(C)NC(=O)C(C2CC2)N(Cc2cccc(F)c2)C1=O. The van der Waals surface area contributed by atoms with Gasteiger partial charge in [0.2, 0.25) is 11.8 Å². The minimum atomic E-state index is -0.907. The fourth-order valence-corrected chi connectivity index (χ4v) is 2.94. The van der Waals surface area contributed by atoms with Crippen LogP contribution in [0.5, 0.6) is 0 Å². The molecule has 0 bridgehead atoms. The van der Waals surface area contributed by atoms with E-state index in [4.69, 9.17) is 0 Å². The third-order valence-corrected chi connectivity index (χ3v) is 4.15. The van der Waals surface area contributed by atoms with Crippen LogP contribution in [0.1, 0.15) is 32.3 Å². The topological polar surface area (TPSA) is 49.4 Å². The first-order valence-electron chi connectivity index (χ1n) is 7.26. The summed E-state index contributed by atoms with van der Waals surface area (Å²) in [7, 11) is 0. The first kappa shape index (κ1) is 14.0. The molecular weight excluding hydrogens is 271 g/mol. The summed E-state index contributed by atoms with van der Waals surface area (Å²) in [5, 5.41) is 2.80. The van der Waals surface area contributed by atoms with E-state index in [0.717, 1.165) is 12.8 Å². The van der Waals surface area contributed by atoms with Gasteiger partial charge in [-0.2, -0.15) is 0 Å². The molecule has 1 saturated heterocycles. The molecule has 1 N–H and O–H groups in total. The van der Waals surface area contributed by atoms with Gasteiger partial charge in [0, 0.05) is 6.54 Å². The molecule has 0 aromatic heterocycles. The van der Waals surface area contributed by atoms with Gasteiger partial charge in [-0.15, -0.1) is 0 Å². The quantitative estimate of drug-likeness (QED) is 0.923. The number of amides is 2. The Hall–Kier alpha value is -1.91. The van der Waals surface area contributed by atoms with Crippen molar-refractivity contribution in [3.63, 3.8) is 0 Å². The Morgan fingerprint density at radius 3 is 2.67 bits per heavy atom. The van der Waals surface area contributed by atoms with Crippen molar-refractivity contribution in [2.45, 2.75) is 44.8 Å². The van der Waals surface area contributed by atoms with Crippen molar-refractivity contribution in [3.8, 4) is 0 Å². The Kier molecular flexibility index (Phi) is 3.23. The van der Waals surface area contributed by atoms with E-state index in [1.54, 1.807) is 30.9 Å². The summed E-state index contributed by atoms with van der Waals surface area (Å²) in [6.45, 7) is 3.68. The molecule has 4 nitrogen and oxygen atoms in total. The number of benzene rings is 1. The first-order chi connectivity index (χ1) is 9.88. The highest BCUT2D eigenvalue weighted by molar-refractivity contribution is 5.99. The summed E-state index contributed by atoms with van der Waals surface area (Å²) >= 11 is 0. The largest absolute Gasteiger partial charge is 0.340 e. The van der Waals surface area contributed by atoms with Gasteiger partial charge in [0.15, 0.2) is 0 Å². The zero-order valence-electron chi connectivity index (χ0n) is 12.2. The van der Waals surface area contributed by atoms with E-state index in [1.165, 1.54) is 12.1 Å². The number of nitrogens with one attached hydrogen (secondary N) is 1. The van der Waals surface area contributed by atoms with Gasteiger partial charge in [-0.3, -0.25) is 9.59 Å². The molecule has 1 unspecified atom stereocenters. The summed E-state index contributed by atoms with van der Waals surface area (Å²) < 4.78 is 13.3. The Bertz CT molecular complexity index is 596. The van der Waals surface area contributed by atoms with E-state index < -0.39 is 11.6 Å². The molecule has 1 aromatic rings. The monoisotopic (exact) mass is 290 g/mol. The van der Waals surface area contributed by atoms with E-state index in [0.29, 0.717) is 5.56 Å². The van der Waals surface area contributed by atoms with Crippen LogP contribution in [0.2, 0.25) is 0 Å². The molecule has 1 heterocycles. The minimum absolute atomic E-state index is 0.0986. The number of halogens is 1. The Morgan fingerprint density at radius 1 is 1.33 bits per heavy atom. The molecule has 112 valence electrons. The van der Waals surface area contributed by atoms with Crippen LogP contribution in [0, 0.1) is 11.7 Å². The van der Waals surface area contributed by atoms with Crippen LogP contribution in [-0.4, -0.2) is 28.3 Å². The van der Waals surface area contributed by atoms with Crippen LogP contribution in [0.4, 0.5) is 4.39 Å². The maximum absolute atomic E-state index is 13.3. The molecule has 2 amide bonds. The first-order valence-corrected chi connectivity index (χ1v) is 7.26. The molecule has 1 aliphatic heterocycles. The summed E-state index contributed by atoms with van der Waals surface area (Å²) in [6.07, 6.45) is 1.93. The zero-order valence-corrected chi connectivity index (χ0v) is 12.2. The lowest BCUT2D eigenvalue weighted by molar-refractivity contribution is -0.155. The van der Waals surface area contributed by atoms with Gasteiger partial charge in [-0.05, 0) is 50.3 Å². The molecule has 0 spiro atoms. The van der Waals surface area contributed by atoms with Crippen LogP contribution in [0.3, 0.4) is 0 Å². The highest BCUT2D eigenvalue weighted by Crippen LogP contribution is 2.38. The van der Waals surface area contributed by atoms with E-state index in [2.05, 4.69) is 5.32 Å². The third kappa shape index (κ3) is 2.64. The number of carbonyl (C=O) groups excluding carboxylic acids is 2. The number of piperazine rings is 1. The van der Waals surface area contributed by atoms with Gasteiger partial charge >= 0.3 is 0 Å². The van der Waals surface area contributed by atoms with Gasteiger partial charge in [0.05, 0.1) is 0 Å². The number of rotatable bonds is 3. The lowest BCUT2D eigenvalue weighted by atomic mass is 9.94. The van der Waals surface area contributed by atoms with Crippen LogP contribution < -0.4 is 5.32 Å². The van der Waals surface area contributed by atoms with Crippen molar-refractivity contribution in [1.82, 2.24) is 10.2 Å². The average molecular weight is 290 g/mol. The fourth-order valence-electron chi connectivity index (χ4n) is 2.94. The fraction of sp³-hybridized carbons (Fsp3) is 0.500. The number of nitrogens with zero attached hydrogens (tertiary/aromatic N) is 1. The van der Waals surface area contributed by atoms with Gasteiger partial charge in [-0.1, -0.05) is 12.1 Å². The highest BCUT2D eigenvalue weighted by Gasteiger charge is 2.50. The Balaban J connectivity index is 1.90. The van der Waals surface area contributed by atoms with Gasteiger partial charge < -0.3 is 10.2 Å². The Morgan fingerprint density at radius 2 is 2.05 bits per heavy atom. The van der Waals surface area contributed by atoms with Gasteiger partial charge in [0.25, 0.3) is 0 Å². The van der Waals surface area contributed by atoms with Crippen LogP contribution >= 0.6 is 0 Å². The molecular formula is C16H19FN2O2. The summed E-state index contributed by atoms with van der Waals surface area (Å²) in [6, 6.07) is 5.76. The van der Waals surface area contributed by atoms with Crippen LogP contribution in [0.15, 0.2) is 24.3 Å². The molecule has 21 heavy (non-hydrogen) atoms. The van der Waals surface area contributed by atoms with Crippen molar-refractivity contribution < 1.29 is 14.0 Å². The standard InChI is InChI=1S/C16H19FN2O2/c1-16(2)15(21)19(9-10-4-3-5-12(17)8-10)13(11-6-7-11)14(20)18-16/h3-5,8,11,13H,6-7,9H2,1-2H3,(H,18,20). The molecule has 1 aliphatic carbocycles. The van der Waals surface area contributed by atoms with E-state index in [-0.39, 0.29) is 30.1 Å². The second-order valence-electron chi connectivity index (χ2n) is 6.46. The molecule has 1 saturated carbocycles. The van der Waals surface area contributed by atoms with E-state index in [9.17, 15) is 14.0 Å². The van der Waals surface area contributed by atoms with E-state index in [1.807, 2.05) is 0 Å². The number of hydrogen-bond donors (Lipinski definition) is 1. The normalized spacial score (nSPS) is 24.9. The van der Waals surface area contributed by atoms with Crippen LogP contribution in [-0.2, 0) is 16.1 Å². The molecule has 3 rings (SSSR count). The predicted octanol–water partition coefficient (Wildman–Crippen LogP) is 1.84. The lowest BCUT2D eigenvalue weighted by Crippen LogP contribution is -2.68. The molecule has 5 heteroatoms. The second kappa shape index (κ2) is 4.83. The van der Waals surface area contributed by atoms with Crippen molar-refractivity contribution in [1.29, 1.82) is 0 Å². The lowest BCUT2D eigenvalue weighted by Gasteiger charge is -2.43. The second-order valence-corrected chi connectivity index (χ2v) is 6.46. The maximum Gasteiger partial charge on any atom is 0.248 e. The highest BCUT2D eigenvalue weighted by atomic mass is 19.1. The smallest absolute Gasteiger partial charge is 0.248 e. The molecule has 1 atom stereocenters. The average Bonchev–Trinajstić information content (AvgIpc) is 3.19. The number of carbonyl (C=O) groups is 2. The van der Waals surface area contributed by atoms with Crippen LogP contribution in [0.25, 0.3) is 0 Å². The molecule has 1 aromatic carbocycles. The van der Waals surface area contributed by atoms with Gasteiger partial charge in [0.1, 0.15) is 17.4 Å². The zero-order chi connectivity index (χ0) is 15.2. The third-order valence-electron chi connectivity index (χ3n) is 4.15. The maximum atomic E-state index is 13.3.